The summed E-state index contributed by atoms with van der Waals surface area (Å²) in [6.45, 7) is -0.742. The summed E-state index contributed by atoms with van der Waals surface area (Å²) >= 11 is 0. The van der Waals surface area contributed by atoms with Gasteiger partial charge in [-0.05, 0) is 85.3 Å². The molecule has 4 rings (SSSR count). The molecule has 1 aliphatic heterocycles. The fraction of sp³-hybridized carbons (Fsp3) is 0.417. The largest absolute Gasteiger partial charge is 0.394 e. The van der Waals surface area contributed by atoms with Gasteiger partial charge in [-0.2, -0.15) is 0 Å². The molecule has 8 N–H and O–H groups in total. The highest BCUT2D eigenvalue weighted by Crippen LogP contribution is 2.46. The lowest BCUT2D eigenvalue weighted by atomic mass is 9.78. The molecule has 3 aromatic rings. The van der Waals surface area contributed by atoms with Gasteiger partial charge in [-0.15, -0.1) is 0 Å². The lowest BCUT2D eigenvalue weighted by molar-refractivity contribution is -0.148. The van der Waals surface area contributed by atoms with Gasteiger partial charge in [0.05, 0.1) is 24.7 Å². The van der Waals surface area contributed by atoms with Gasteiger partial charge in [-0.3, -0.25) is 14.4 Å². The zero-order valence-corrected chi connectivity index (χ0v) is 27.2. The average molecular weight is 700 g/mol. The van der Waals surface area contributed by atoms with E-state index in [9.17, 15) is 48.7 Å². The first-order chi connectivity index (χ1) is 23.9. The van der Waals surface area contributed by atoms with Crippen molar-refractivity contribution in [2.75, 3.05) is 23.4 Å². The monoisotopic (exact) mass is 699 g/mol. The Labute approximate surface area is 288 Å². The van der Waals surface area contributed by atoms with Crippen molar-refractivity contribution in [2.45, 2.75) is 75.1 Å². The predicted octanol–water partition coefficient (Wildman–Crippen LogP) is 2.23. The molecule has 0 aliphatic carbocycles. The number of aliphatic hydroxyl groups excluding tert-OH is 6. The first kappa shape index (κ1) is 38.5. The van der Waals surface area contributed by atoms with Crippen LogP contribution >= 0.6 is 0 Å². The van der Waals surface area contributed by atoms with Crippen LogP contribution in [0.3, 0.4) is 0 Å². The second-order valence-electron chi connectivity index (χ2n) is 12.3. The SMILES string of the molecule is O=C(CCCCCNC(=O)C(O)C(O)C(O)C(O)CO)Nc1cccc(C2C(CCC(O)c3ccc(F)cc3)C(=O)N2c2ccc(F)cc2)c1. The number of nitrogens with one attached hydrogen (secondary N) is 2. The highest BCUT2D eigenvalue weighted by atomic mass is 19.1. The smallest absolute Gasteiger partial charge is 0.251 e. The van der Waals surface area contributed by atoms with Crippen LogP contribution in [0.2, 0.25) is 0 Å². The molecule has 3 amide bonds. The molecule has 0 aromatic heterocycles. The van der Waals surface area contributed by atoms with Crippen LogP contribution in [0.25, 0.3) is 0 Å². The normalized spacial score (nSPS) is 18.8. The van der Waals surface area contributed by atoms with Gasteiger partial charge in [0.2, 0.25) is 11.8 Å². The molecule has 50 heavy (non-hydrogen) atoms. The number of aliphatic hydroxyl groups is 6. The second kappa shape index (κ2) is 18.1. The average Bonchev–Trinajstić information content (AvgIpc) is 3.11. The maximum Gasteiger partial charge on any atom is 0.251 e. The Hall–Kier alpha value is -4.31. The first-order valence-electron chi connectivity index (χ1n) is 16.4. The van der Waals surface area contributed by atoms with Gasteiger partial charge < -0.3 is 46.2 Å². The molecule has 1 fully saturated rings. The third kappa shape index (κ3) is 9.90. The summed E-state index contributed by atoms with van der Waals surface area (Å²) in [5.74, 6) is -2.80. The highest BCUT2D eigenvalue weighted by molar-refractivity contribution is 6.03. The van der Waals surface area contributed by atoms with E-state index in [0.717, 1.165) is 5.56 Å². The molecule has 270 valence electrons. The Morgan fingerprint density at radius 2 is 1.50 bits per heavy atom. The Morgan fingerprint density at radius 3 is 2.16 bits per heavy atom. The van der Waals surface area contributed by atoms with E-state index in [2.05, 4.69) is 10.6 Å². The van der Waals surface area contributed by atoms with Crippen LogP contribution in [0.15, 0.2) is 72.8 Å². The number of benzene rings is 3. The van der Waals surface area contributed by atoms with Crippen molar-refractivity contribution in [3.05, 3.63) is 95.6 Å². The Kier molecular flexibility index (Phi) is 13.9. The fourth-order valence-corrected chi connectivity index (χ4v) is 5.89. The summed E-state index contributed by atoms with van der Waals surface area (Å²) in [5, 5.41) is 63.5. The van der Waals surface area contributed by atoms with Crippen LogP contribution in [0.4, 0.5) is 20.2 Å². The van der Waals surface area contributed by atoms with Crippen molar-refractivity contribution < 1.29 is 53.8 Å². The van der Waals surface area contributed by atoms with Crippen LogP contribution in [-0.4, -0.2) is 85.9 Å². The van der Waals surface area contributed by atoms with E-state index in [1.54, 1.807) is 23.1 Å². The highest BCUT2D eigenvalue weighted by Gasteiger charge is 2.48. The summed E-state index contributed by atoms with van der Waals surface area (Å²) in [5.41, 5.74) is 2.27. The van der Waals surface area contributed by atoms with Crippen molar-refractivity contribution in [2.24, 2.45) is 5.92 Å². The minimum atomic E-state index is -2.02. The number of rotatable bonds is 18. The Bertz CT molecular complexity index is 1580. The number of halogens is 2. The molecule has 7 unspecified atom stereocenters. The predicted molar refractivity (Wildman–Crippen MR) is 178 cm³/mol. The molecule has 0 spiro atoms. The number of carbonyl (C=O) groups is 3. The Balaban J connectivity index is 1.30. The van der Waals surface area contributed by atoms with Gasteiger partial charge in [-0.25, -0.2) is 8.78 Å². The van der Waals surface area contributed by atoms with E-state index in [1.165, 1.54) is 48.5 Å². The minimum absolute atomic E-state index is 0.123. The summed E-state index contributed by atoms with van der Waals surface area (Å²) < 4.78 is 27.0. The lowest BCUT2D eigenvalue weighted by Gasteiger charge is -2.48. The number of hydrogen-bond donors (Lipinski definition) is 8. The van der Waals surface area contributed by atoms with E-state index >= 15 is 0 Å². The zero-order chi connectivity index (χ0) is 36.4. The van der Waals surface area contributed by atoms with Gasteiger partial charge in [0.1, 0.15) is 29.9 Å². The van der Waals surface area contributed by atoms with Crippen LogP contribution in [0.5, 0.6) is 0 Å². The van der Waals surface area contributed by atoms with Crippen LogP contribution in [0.1, 0.15) is 61.8 Å². The molecule has 14 heteroatoms. The molecular formula is C36H43F2N3O9. The molecule has 12 nitrogen and oxygen atoms in total. The third-order valence-corrected chi connectivity index (χ3v) is 8.74. The standard InChI is InChI=1S/C36H43F2N3O9/c37-23-10-8-21(9-11-23)28(43)17-16-27-31(41(36(27)50)26-14-12-24(38)13-15-26)22-5-4-6-25(19-22)40-30(45)7-2-1-3-18-39-35(49)34(48)33(47)32(46)29(44)20-42/h4-6,8-15,19,27-29,31-34,42-44,46-48H,1-3,7,16-18,20H2,(H,39,49)(H,40,45). The van der Waals surface area contributed by atoms with Crippen molar-refractivity contribution in [3.8, 4) is 0 Å². The van der Waals surface area contributed by atoms with Crippen LogP contribution in [0, 0.1) is 17.6 Å². The molecule has 7 atom stereocenters. The maximum atomic E-state index is 13.7. The van der Waals surface area contributed by atoms with Crippen LogP contribution < -0.4 is 15.5 Å². The van der Waals surface area contributed by atoms with E-state index in [-0.39, 0.29) is 31.2 Å². The number of unbranched alkanes of at least 4 members (excludes halogenated alkanes) is 2. The number of nitrogens with zero attached hydrogens (tertiary/aromatic N) is 1. The number of β-lactam (4-membered cyclic amide) rings is 1. The molecule has 1 heterocycles. The Morgan fingerprint density at radius 1 is 0.840 bits per heavy atom. The van der Waals surface area contributed by atoms with Gasteiger partial charge >= 0.3 is 0 Å². The summed E-state index contributed by atoms with van der Waals surface area (Å²) in [6.07, 6.45) is -6.36. The van der Waals surface area contributed by atoms with Crippen LogP contribution in [-0.2, 0) is 14.4 Å². The lowest BCUT2D eigenvalue weighted by Crippen LogP contribution is -2.55. The van der Waals surface area contributed by atoms with Crippen molar-refractivity contribution in [1.29, 1.82) is 0 Å². The first-order valence-corrected chi connectivity index (χ1v) is 16.4. The van der Waals surface area contributed by atoms with Gasteiger partial charge in [-0.1, -0.05) is 30.7 Å². The molecule has 3 aromatic carbocycles. The summed E-state index contributed by atoms with van der Waals surface area (Å²) in [4.78, 5) is 39.7. The van der Waals surface area contributed by atoms with E-state index in [0.29, 0.717) is 42.6 Å². The van der Waals surface area contributed by atoms with Gasteiger partial charge in [0, 0.05) is 24.3 Å². The van der Waals surface area contributed by atoms with Gasteiger partial charge in [0.25, 0.3) is 5.91 Å². The molecule has 1 saturated heterocycles. The van der Waals surface area contributed by atoms with Gasteiger partial charge in [0.15, 0.2) is 6.10 Å². The quantitative estimate of drug-likeness (QED) is 0.0725. The number of carbonyl (C=O) groups excluding carboxylic acids is 3. The van der Waals surface area contributed by atoms with Crippen molar-refractivity contribution in [3.63, 3.8) is 0 Å². The minimum Gasteiger partial charge on any atom is -0.394 e. The van der Waals surface area contributed by atoms with E-state index in [1.807, 2.05) is 6.07 Å². The molecule has 0 saturated carbocycles. The third-order valence-electron chi connectivity index (χ3n) is 8.74. The van der Waals surface area contributed by atoms with Crippen molar-refractivity contribution >= 4 is 29.1 Å². The number of hydrogen-bond acceptors (Lipinski definition) is 9. The number of amides is 3. The summed E-state index contributed by atoms with van der Waals surface area (Å²) in [7, 11) is 0. The number of anilines is 2. The van der Waals surface area contributed by atoms with Crippen molar-refractivity contribution in [1.82, 2.24) is 5.32 Å². The fourth-order valence-electron chi connectivity index (χ4n) is 5.89. The maximum absolute atomic E-state index is 13.7. The second-order valence-corrected chi connectivity index (χ2v) is 12.3. The topological polar surface area (TPSA) is 200 Å². The van der Waals surface area contributed by atoms with E-state index < -0.39 is 66.6 Å². The zero-order valence-electron chi connectivity index (χ0n) is 27.2. The molecule has 1 aliphatic rings. The van der Waals surface area contributed by atoms with E-state index in [4.69, 9.17) is 5.11 Å². The molecule has 0 radical (unpaired) electrons. The molecule has 0 bridgehead atoms. The summed E-state index contributed by atoms with van der Waals surface area (Å²) in [6, 6.07) is 17.7. The molecular weight excluding hydrogens is 656 g/mol.